The van der Waals surface area contributed by atoms with Crippen LogP contribution >= 0.6 is 15.9 Å². The molecule has 0 aliphatic rings. The summed E-state index contributed by atoms with van der Waals surface area (Å²) in [6.07, 6.45) is 1.53. The lowest BCUT2D eigenvalue weighted by molar-refractivity contribution is 0.0769. The summed E-state index contributed by atoms with van der Waals surface area (Å²) in [5.41, 5.74) is 5.73. The predicted octanol–water partition coefficient (Wildman–Crippen LogP) is 1.05. The summed E-state index contributed by atoms with van der Waals surface area (Å²) >= 11 is 3.25. The maximum atomic E-state index is 12.1. The lowest BCUT2D eigenvalue weighted by atomic mass is 10.2. The molecule has 1 heterocycles. The minimum atomic E-state index is -0.513. The molecule has 7 heteroatoms. The van der Waals surface area contributed by atoms with Gasteiger partial charge in [0.25, 0.3) is 5.91 Å². The molecule has 6 nitrogen and oxygen atoms in total. The van der Waals surface area contributed by atoms with Gasteiger partial charge in [-0.2, -0.15) is 0 Å². The van der Waals surface area contributed by atoms with E-state index in [0.717, 1.165) is 0 Å². The maximum Gasteiger partial charge on any atom is 0.273 e. The number of rotatable bonds is 3. The number of hydrogen-bond acceptors (Lipinski definition) is 4. The minimum Gasteiger partial charge on any atom is -0.409 e. The second-order valence-corrected chi connectivity index (χ2v) is 4.31. The lowest BCUT2D eigenvalue weighted by Gasteiger charge is -2.23. The van der Waals surface area contributed by atoms with Crippen LogP contribution in [0.3, 0.4) is 0 Å². The highest BCUT2D eigenvalue weighted by Crippen LogP contribution is 2.15. The number of nitrogens with two attached hydrogens (primary N) is 1. The van der Waals surface area contributed by atoms with E-state index in [-0.39, 0.29) is 17.4 Å². The summed E-state index contributed by atoms with van der Waals surface area (Å²) in [6.45, 7) is 1.66. The number of carbonyl (C=O) groups is 1. The molecule has 0 aromatic carbocycles. The highest BCUT2D eigenvalue weighted by atomic mass is 79.9. The molecule has 0 bridgehead atoms. The number of amidine groups is 1. The largest absolute Gasteiger partial charge is 0.409 e. The van der Waals surface area contributed by atoms with Gasteiger partial charge in [0.1, 0.15) is 5.69 Å². The summed E-state index contributed by atoms with van der Waals surface area (Å²) in [5, 5.41) is 11.4. The van der Waals surface area contributed by atoms with Gasteiger partial charge in [-0.25, -0.2) is 4.98 Å². The van der Waals surface area contributed by atoms with E-state index >= 15 is 0 Å². The van der Waals surface area contributed by atoms with Crippen LogP contribution in [0.1, 0.15) is 17.4 Å². The molecule has 0 aliphatic carbocycles. The molecular formula is C10H13BrN4O2. The first-order valence-corrected chi connectivity index (χ1v) is 5.63. The first kappa shape index (κ1) is 13.4. The Labute approximate surface area is 107 Å². The molecular weight excluding hydrogens is 288 g/mol. The summed E-state index contributed by atoms with van der Waals surface area (Å²) in [5.74, 6) is -0.343. The van der Waals surface area contributed by atoms with Gasteiger partial charge in [0.15, 0.2) is 5.84 Å². The Hall–Kier alpha value is -1.63. The summed E-state index contributed by atoms with van der Waals surface area (Å²) in [6, 6.07) is 2.93. The zero-order chi connectivity index (χ0) is 13.0. The molecule has 0 radical (unpaired) electrons. The molecule has 1 aromatic rings. The van der Waals surface area contributed by atoms with Crippen molar-refractivity contribution in [2.24, 2.45) is 10.9 Å². The second-order valence-electron chi connectivity index (χ2n) is 3.45. The summed E-state index contributed by atoms with van der Waals surface area (Å²) in [4.78, 5) is 17.4. The average Bonchev–Trinajstić information content (AvgIpc) is 2.35. The number of oxime groups is 1. The van der Waals surface area contributed by atoms with Crippen LogP contribution < -0.4 is 5.73 Å². The molecule has 17 heavy (non-hydrogen) atoms. The predicted molar refractivity (Wildman–Crippen MR) is 66.9 cm³/mol. The van der Waals surface area contributed by atoms with Crippen LogP contribution in [0.15, 0.2) is 28.0 Å². The zero-order valence-corrected chi connectivity index (χ0v) is 11.0. The van der Waals surface area contributed by atoms with Crippen LogP contribution in [-0.2, 0) is 0 Å². The molecule has 0 fully saturated rings. The van der Waals surface area contributed by atoms with E-state index < -0.39 is 6.04 Å². The zero-order valence-electron chi connectivity index (χ0n) is 9.46. The summed E-state index contributed by atoms with van der Waals surface area (Å²) < 4.78 is 0.601. The fourth-order valence-electron chi connectivity index (χ4n) is 1.17. The number of amides is 1. The topological polar surface area (TPSA) is 91.8 Å². The number of carbonyl (C=O) groups excluding carboxylic acids is 1. The van der Waals surface area contributed by atoms with Gasteiger partial charge < -0.3 is 15.8 Å². The molecule has 1 unspecified atom stereocenters. The standard InChI is InChI=1S/C10H13BrN4O2/c1-6(9(12)14-17)15(2)10(16)8-7(11)4-3-5-13-8/h3-6,17H,1-2H3,(H2,12,14). The van der Waals surface area contributed by atoms with Crippen molar-refractivity contribution in [3.63, 3.8) is 0 Å². The van der Waals surface area contributed by atoms with Crippen molar-refractivity contribution in [3.8, 4) is 0 Å². The Morgan fingerprint density at radius 3 is 2.88 bits per heavy atom. The Balaban J connectivity index is 2.95. The monoisotopic (exact) mass is 300 g/mol. The van der Waals surface area contributed by atoms with Gasteiger partial charge in [0.05, 0.1) is 6.04 Å². The lowest BCUT2D eigenvalue weighted by Crippen LogP contribution is -2.44. The molecule has 0 spiro atoms. The first-order valence-electron chi connectivity index (χ1n) is 4.84. The fraction of sp³-hybridized carbons (Fsp3) is 0.300. The first-order chi connectivity index (χ1) is 7.99. The van der Waals surface area contributed by atoms with Crippen LogP contribution in [0.5, 0.6) is 0 Å². The van der Waals surface area contributed by atoms with Crippen molar-refractivity contribution < 1.29 is 10.0 Å². The molecule has 1 rings (SSSR count). The Morgan fingerprint density at radius 1 is 1.71 bits per heavy atom. The Kier molecular flexibility index (Phi) is 4.45. The van der Waals surface area contributed by atoms with E-state index in [9.17, 15) is 4.79 Å². The molecule has 1 amide bonds. The third-order valence-electron chi connectivity index (χ3n) is 2.41. The number of hydrogen-bond donors (Lipinski definition) is 2. The van der Waals surface area contributed by atoms with Crippen molar-refractivity contribution in [2.45, 2.75) is 13.0 Å². The van der Waals surface area contributed by atoms with Crippen molar-refractivity contribution in [1.29, 1.82) is 0 Å². The van der Waals surface area contributed by atoms with Gasteiger partial charge in [0.2, 0.25) is 0 Å². The number of aromatic nitrogens is 1. The van der Waals surface area contributed by atoms with Gasteiger partial charge in [0, 0.05) is 17.7 Å². The van der Waals surface area contributed by atoms with Crippen LogP contribution in [0, 0.1) is 0 Å². The van der Waals surface area contributed by atoms with Gasteiger partial charge in [-0.05, 0) is 35.0 Å². The molecule has 1 atom stereocenters. The average molecular weight is 301 g/mol. The van der Waals surface area contributed by atoms with Crippen molar-refractivity contribution in [2.75, 3.05) is 7.05 Å². The number of halogens is 1. The van der Waals surface area contributed by atoms with Crippen LogP contribution in [0.25, 0.3) is 0 Å². The highest BCUT2D eigenvalue weighted by Gasteiger charge is 2.22. The normalized spacial score (nSPS) is 13.2. The minimum absolute atomic E-state index is 0.0343. The smallest absolute Gasteiger partial charge is 0.273 e. The van der Waals surface area contributed by atoms with Gasteiger partial charge in [-0.3, -0.25) is 4.79 Å². The molecule has 1 aromatic heterocycles. The van der Waals surface area contributed by atoms with Gasteiger partial charge in [-0.1, -0.05) is 5.16 Å². The quantitative estimate of drug-likeness (QED) is 0.378. The summed E-state index contributed by atoms with van der Waals surface area (Å²) in [7, 11) is 1.56. The molecule has 0 saturated carbocycles. The Morgan fingerprint density at radius 2 is 2.35 bits per heavy atom. The third kappa shape index (κ3) is 2.94. The van der Waals surface area contributed by atoms with Gasteiger partial charge in [-0.15, -0.1) is 0 Å². The van der Waals surface area contributed by atoms with Crippen molar-refractivity contribution >= 4 is 27.7 Å². The Bertz CT molecular complexity index is 450. The van der Waals surface area contributed by atoms with Crippen molar-refractivity contribution in [1.82, 2.24) is 9.88 Å². The molecule has 0 saturated heterocycles. The van der Waals surface area contributed by atoms with Crippen LogP contribution in [-0.4, -0.2) is 39.9 Å². The molecule has 3 N–H and O–H groups in total. The van der Waals surface area contributed by atoms with Crippen LogP contribution in [0.4, 0.5) is 0 Å². The maximum absolute atomic E-state index is 12.1. The number of pyridine rings is 1. The third-order valence-corrected chi connectivity index (χ3v) is 3.05. The number of nitrogens with zero attached hydrogens (tertiary/aromatic N) is 3. The van der Waals surface area contributed by atoms with E-state index in [0.29, 0.717) is 4.47 Å². The molecule has 92 valence electrons. The van der Waals surface area contributed by atoms with E-state index in [2.05, 4.69) is 26.1 Å². The van der Waals surface area contributed by atoms with Gasteiger partial charge >= 0.3 is 0 Å². The van der Waals surface area contributed by atoms with E-state index in [1.807, 2.05) is 0 Å². The SMILES string of the molecule is CC(/C(N)=N/O)N(C)C(=O)c1ncccc1Br. The van der Waals surface area contributed by atoms with Crippen LogP contribution in [0.2, 0.25) is 0 Å². The van der Waals surface area contributed by atoms with E-state index in [4.69, 9.17) is 10.9 Å². The highest BCUT2D eigenvalue weighted by molar-refractivity contribution is 9.10. The second kappa shape index (κ2) is 5.62. The number of likely N-dealkylation sites (N-methyl/N-ethyl adjacent to an activating group) is 1. The molecule has 0 aliphatic heterocycles. The van der Waals surface area contributed by atoms with Crippen molar-refractivity contribution in [3.05, 3.63) is 28.5 Å². The van der Waals surface area contributed by atoms with E-state index in [1.165, 1.54) is 11.1 Å². The van der Waals surface area contributed by atoms with E-state index in [1.54, 1.807) is 26.1 Å². The fourth-order valence-corrected chi connectivity index (χ4v) is 1.59.